The van der Waals surface area contributed by atoms with Crippen LogP contribution in [0.5, 0.6) is 5.75 Å². The topological polar surface area (TPSA) is 100 Å². The van der Waals surface area contributed by atoms with Gasteiger partial charge in [-0.05, 0) is 24.1 Å². The zero-order valence-electron chi connectivity index (χ0n) is 12.0. The molecule has 20 heavy (non-hydrogen) atoms. The summed E-state index contributed by atoms with van der Waals surface area (Å²) in [5.41, 5.74) is 7.11. The van der Waals surface area contributed by atoms with Gasteiger partial charge in [0.1, 0.15) is 5.75 Å². The number of methoxy groups -OCH3 is 1. The number of hydrogen-bond acceptors (Lipinski definition) is 5. The van der Waals surface area contributed by atoms with Crippen LogP contribution in [-0.4, -0.2) is 35.9 Å². The van der Waals surface area contributed by atoms with Gasteiger partial charge in [0, 0.05) is 13.1 Å². The van der Waals surface area contributed by atoms with Crippen LogP contribution in [-0.2, 0) is 6.54 Å². The van der Waals surface area contributed by atoms with Crippen molar-refractivity contribution < 1.29 is 15.1 Å². The number of aliphatic hydroxyl groups is 1. The van der Waals surface area contributed by atoms with Gasteiger partial charge in [-0.15, -0.1) is 0 Å². The molecule has 0 radical (unpaired) electrons. The molecule has 1 rings (SSSR count). The Labute approximate surface area is 119 Å². The lowest BCUT2D eigenvalue weighted by molar-refractivity contribution is 0.160. The van der Waals surface area contributed by atoms with Gasteiger partial charge < -0.3 is 26.1 Å². The van der Waals surface area contributed by atoms with Crippen molar-refractivity contribution in [3.8, 4) is 5.75 Å². The fourth-order valence-corrected chi connectivity index (χ4v) is 1.93. The van der Waals surface area contributed by atoms with Crippen LogP contribution < -0.4 is 15.8 Å². The summed E-state index contributed by atoms with van der Waals surface area (Å²) in [7, 11) is 1.53. The Bertz CT molecular complexity index is 449. The van der Waals surface area contributed by atoms with Gasteiger partial charge in [-0.1, -0.05) is 24.6 Å². The molecule has 112 valence electrons. The summed E-state index contributed by atoms with van der Waals surface area (Å²) >= 11 is 0. The molecule has 0 heterocycles. The SMILES string of the molecule is CCCC(O)CNCc1ccc(/C(N)=N/O)c(OC)c1. The molecule has 1 aromatic rings. The molecule has 0 aromatic heterocycles. The van der Waals surface area contributed by atoms with E-state index in [4.69, 9.17) is 15.7 Å². The van der Waals surface area contributed by atoms with E-state index in [0.29, 0.717) is 24.4 Å². The van der Waals surface area contributed by atoms with Crippen molar-refractivity contribution in [2.75, 3.05) is 13.7 Å². The summed E-state index contributed by atoms with van der Waals surface area (Å²) < 4.78 is 5.23. The van der Waals surface area contributed by atoms with Crippen molar-refractivity contribution in [1.82, 2.24) is 5.32 Å². The van der Waals surface area contributed by atoms with E-state index in [1.165, 1.54) is 7.11 Å². The second kappa shape index (κ2) is 8.39. The van der Waals surface area contributed by atoms with E-state index in [9.17, 15) is 5.11 Å². The molecule has 6 nitrogen and oxygen atoms in total. The summed E-state index contributed by atoms with van der Waals surface area (Å²) in [4.78, 5) is 0. The molecule has 1 atom stereocenters. The Kier molecular flexibility index (Phi) is 6.83. The molecule has 1 unspecified atom stereocenters. The number of benzene rings is 1. The van der Waals surface area contributed by atoms with E-state index in [1.54, 1.807) is 6.07 Å². The lowest BCUT2D eigenvalue weighted by atomic mass is 10.1. The highest BCUT2D eigenvalue weighted by Gasteiger charge is 2.09. The highest BCUT2D eigenvalue weighted by molar-refractivity contribution is 5.99. The summed E-state index contributed by atoms with van der Waals surface area (Å²) in [5.74, 6) is 0.563. The van der Waals surface area contributed by atoms with E-state index >= 15 is 0 Å². The predicted octanol–water partition coefficient (Wildman–Crippen LogP) is 1.04. The van der Waals surface area contributed by atoms with Crippen molar-refractivity contribution in [3.63, 3.8) is 0 Å². The second-order valence-electron chi connectivity index (χ2n) is 4.59. The Balaban J connectivity index is 2.64. The van der Waals surface area contributed by atoms with E-state index < -0.39 is 0 Å². The molecule has 0 aliphatic carbocycles. The smallest absolute Gasteiger partial charge is 0.173 e. The molecule has 6 heteroatoms. The number of nitrogens with one attached hydrogen (secondary N) is 1. The van der Waals surface area contributed by atoms with Gasteiger partial charge in [-0.2, -0.15) is 0 Å². The number of nitrogens with zero attached hydrogens (tertiary/aromatic N) is 1. The van der Waals surface area contributed by atoms with Crippen LogP contribution in [0.3, 0.4) is 0 Å². The minimum Gasteiger partial charge on any atom is -0.496 e. The van der Waals surface area contributed by atoms with Crippen LogP contribution in [0.2, 0.25) is 0 Å². The maximum atomic E-state index is 9.63. The minimum atomic E-state index is -0.321. The van der Waals surface area contributed by atoms with Gasteiger partial charge in [0.15, 0.2) is 5.84 Å². The lowest BCUT2D eigenvalue weighted by Gasteiger charge is -2.12. The van der Waals surface area contributed by atoms with Crippen LogP contribution in [0.4, 0.5) is 0 Å². The van der Waals surface area contributed by atoms with Crippen molar-refractivity contribution >= 4 is 5.84 Å². The van der Waals surface area contributed by atoms with Crippen molar-refractivity contribution in [2.45, 2.75) is 32.4 Å². The van der Waals surface area contributed by atoms with E-state index in [-0.39, 0.29) is 11.9 Å². The highest BCUT2D eigenvalue weighted by atomic mass is 16.5. The molecule has 0 fully saturated rings. The maximum absolute atomic E-state index is 9.63. The fraction of sp³-hybridized carbons (Fsp3) is 0.500. The number of aliphatic hydroxyl groups excluding tert-OH is 1. The third kappa shape index (κ3) is 4.71. The van der Waals surface area contributed by atoms with E-state index in [2.05, 4.69) is 10.5 Å². The van der Waals surface area contributed by atoms with Crippen LogP contribution in [0, 0.1) is 0 Å². The van der Waals surface area contributed by atoms with Gasteiger partial charge in [0.2, 0.25) is 0 Å². The lowest BCUT2D eigenvalue weighted by Crippen LogP contribution is -2.26. The third-order valence-corrected chi connectivity index (χ3v) is 2.98. The summed E-state index contributed by atoms with van der Waals surface area (Å²) in [6.07, 6.45) is 1.43. The first-order chi connectivity index (χ1) is 9.62. The first kappa shape index (κ1) is 16.3. The number of nitrogens with two attached hydrogens (primary N) is 1. The number of hydrogen-bond donors (Lipinski definition) is 4. The Morgan fingerprint density at radius 1 is 1.50 bits per heavy atom. The van der Waals surface area contributed by atoms with Crippen LogP contribution in [0.15, 0.2) is 23.4 Å². The molecule has 0 aliphatic heterocycles. The van der Waals surface area contributed by atoms with Gasteiger partial charge in [0.25, 0.3) is 0 Å². The minimum absolute atomic E-state index is 0.0136. The average Bonchev–Trinajstić information content (AvgIpc) is 2.46. The standard InChI is InChI=1S/C14H23N3O3/c1-3-4-11(18)9-16-8-10-5-6-12(14(15)17-19)13(7-10)20-2/h5-7,11,16,18-19H,3-4,8-9H2,1-2H3,(H2,15,17). The summed E-state index contributed by atoms with van der Waals surface area (Å²) in [6, 6.07) is 5.44. The predicted molar refractivity (Wildman–Crippen MR) is 78.1 cm³/mol. The fourth-order valence-electron chi connectivity index (χ4n) is 1.93. The molecular formula is C14H23N3O3. The van der Waals surface area contributed by atoms with Crippen LogP contribution in [0.25, 0.3) is 0 Å². The van der Waals surface area contributed by atoms with Gasteiger partial charge in [-0.25, -0.2) is 0 Å². The molecule has 5 N–H and O–H groups in total. The Morgan fingerprint density at radius 2 is 2.25 bits per heavy atom. The number of amidine groups is 1. The van der Waals surface area contributed by atoms with Crippen LogP contribution in [0.1, 0.15) is 30.9 Å². The van der Waals surface area contributed by atoms with Gasteiger partial charge in [0.05, 0.1) is 18.8 Å². The molecule has 0 saturated carbocycles. The maximum Gasteiger partial charge on any atom is 0.173 e. The average molecular weight is 281 g/mol. The van der Waals surface area contributed by atoms with Gasteiger partial charge in [-0.3, -0.25) is 0 Å². The van der Waals surface area contributed by atoms with E-state index in [0.717, 1.165) is 18.4 Å². The van der Waals surface area contributed by atoms with Crippen molar-refractivity contribution in [1.29, 1.82) is 0 Å². The summed E-state index contributed by atoms with van der Waals surface area (Å²) in [6.45, 7) is 3.21. The third-order valence-electron chi connectivity index (χ3n) is 2.98. The summed E-state index contributed by atoms with van der Waals surface area (Å²) in [5, 5.41) is 24.5. The van der Waals surface area contributed by atoms with Gasteiger partial charge >= 0.3 is 0 Å². The number of oxime groups is 1. The van der Waals surface area contributed by atoms with Crippen molar-refractivity contribution in [2.24, 2.45) is 10.9 Å². The first-order valence-electron chi connectivity index (χ1n) is 6.66. The normalized spacial score (nSPS) is 13.2. The first-order valence-corrected chi connectivity index (χ1v) is 6.66. The quantitative estimate of drug-likeness (QED) is 0.247. The molecule has 0 spiro atoms. The molecular weight excluding hydrogens is 258 g/mol. The molecule has 0 aliphatic rings. The van der Waals surface area contributed by atoms with E-state index in [1.807, 2.05) is 19.1 Å². The second-order valence-corrected chi connectivity index (χ2v) is 4.59. The molecule has 0 bridgehead atoms. The van der Waals surface area contributed by atoms with Crippen LogP contribution >= 0.6 is 0 Å². The number of rotatable bonds is 8. The Morgan fingerprint density at radius 3 is 2.85 bits per heavy atom. The molecule has 1 aromatic carbocycles. The number of ether oxygens (including phenoxy) is 1. The van der Waals surface area contributed by atoms with Crippen molar-refractivity contribution in [3.05, 3.63) is 29.3 Å². The monoisotopic (exact) mass is 281 g/mol. The largest absolute Gasteiger partial charge is 0.496 e. The highest BCUT2D eigenvalue weighted by Crippen LogP contribution is 2.20. The molecule has 0 saturated heterocycles. The molecule has 0 amide bonds. The zero-order chi connectivity index (χ0) is 15.0. The zero-order valence-corrected chi connectivity index (χ0v) is 12.0. The Hall–Kier alpha value is -1.79.